The first-order valence-electron chi connectivity index (χ1n) is 8.23. The van der Waals surface area contributed by atoms with Gasteiger partial charge in [0, 0.05) is 17.0 Å². The number of imidazole rings is 1. The monoisotopic (exact) mass is 406 g/mol. The van der Waals surface area contributed by atoms with Crippen molar-refractivity contribution in [3.05, 3.63) is 67.4 Å². The molecule has 0 N–H and O–H groups in total. The van der Waals surface area contributed by atoms with Gasteiger partial charge in [0.1, 0.15) is 11.5 Å². The molecule has 8 heteroatoms. The summed E-state index contributed by atoms with van der Waals surface area (Å²) in [6, 6.07) is 13.2. The van der Waals surface area contributed by atoms with Gasteiger partial charge in [-0.1, -0.05) is 17.8 Å². The fourth-order valence-corrected chi connectivity index (χ4v) is 3.31. The molecular formula is C20H17F3N2O2S. The standard InChI is InChI=1S/C20H17F3N2O2S/c1-3-12-28-19-24-13-18(14-4-8-16(26-2)9-5-14)25(19)15-6-10-17(11-7-15)27-20(21,22)23/h3-11,13H,1,12H2,2H3. The molecule has 0 fully saturated rings. The number of thioether (sulfide) groups is 1. The molecule has 0 unspecified atom stereocenters. The van der Waals surface area contributed by atoms with Gasteiger partial charge in [-0.2, -0.15) is 0 Å². The summed E-state index contributed by atoms with van der Waals surface area (Å²) in [5.74, 6) is 1.10. The first-order valence-corrected chi connectivity index (χ1v) is 9.22. The number of methoxy groups -OCH3 is 1. The highest BCUT2D eigenvalue weighted by Gasteiger charge is 2.31. The molecule has 3 aromatic rings. The second-order valence-corrected chi connectivity index (χ2v) is 6.62. The molecule has 2 aromatic carbocycles. The molecule has 0 amide bonds. The van der Waals surface area contributed by atoms with Crippen LogP contribution in [0.25, 0.3) is 16.9 Å². The van der Waals surface area contributed by atoms with Crippen molar-refractivity contribution in [3.8, 4) is 28.4 Å². The Labute approximate surface area is 164 Å². The second kappa shape index (κ2) is 8.43. The van der Waals surface area contributed by atoms with Crippen molar-refractivity contribution >= 4 is 11.8 Å². The van der Waals surface area contributed by atoms with E-state index in [2.05, 4.69) is 16.3 Å². The zero-order chi connectivity index (χ0) is 20.1. The Morgan fingerprint density at radius 3 is 2.29 bits per heavy atom. The SMILES string of the molecule is C=CCSc1ncc(-c2ccc(OC)cc2)n1-c1ccc(OC(F)(F)F)cc1. The Morgan fingerprint density at radius 1 is 1.07 bits per heavy atom. The Morgan fingerprint density at radius 2 is 1.71 bits per heavy atom. The van der Waals surface area contributed by atoms with Crippen LogP contribution in [0.3, 0.4) is 0 Å². The molecule has 1 aromatic heterocycles. The van der Waals surface area contributed by atoms with Gasteiger partial charge in [-0.05, 0) is 48.5 Å². The molecule has 4 nitrogen and oxygen atoms in total. The third-order valence-electron chi connectivity index (χ3n) is 3.77. The second-order valence-electron chi connectivity index (χ2n) is 5.63. The predicted molar refractivity (Wildman–Crippen MR) is 103 cm³/mol. The molecule has 146 valence electrons. The number of alkyl halides is 3. The van der Waals surface area contributed by atoms with Crippen molar-refractivity contribution in [1.82, 2.24) is 9.55 Å². The summed E-state index contributed by atoms with van der Waals surface area (Å²) < 4.78 is 48.2. The van der Waals surface area contributed by atoms with E-state index >= 15 is 0 Å². The highest BCUT2D eigenvalue weighted by molar-refractivity contribution is 7.99. The van der Waals surface area contributed by atoms with E-state index in [1.165, 1.54) is 23.9 Å². The summed E-state index contributed by atoms with van der Waals surface area (Å²) in [7, 11) is 1.59. The number of ether oxygens (including phenoxy) is 2. The zero-order valence-electron chi connectivity index (χ0n) is 14.9. The Kier molecular flexibility index (Phi) is 5.99. The average Bonchev–Trinajstić information content (AvgIpc) is 3.09. The van der Waals surface area contributed by atoms with Gasteiger partial charge in [-0.15, -0.1) is 19.8 Å². The lowest BCUT2D eigenvalue weighted by Gasteiger charge is -2.14. The largest absolute Gasteiger partial charge is 0.573 e. The number of halogens is 3. The quantitative estimate of drug-likeness (QED) is 0.371. The van der Waals surface area contributed by atoms with Crippen molar-refractivity contribution in [3.63, 3.8) is 0 Å². The molecule has 0 radical (unpaired) electrons. The minimum Gasteiger partial charge on any atom is -0.497 e. The summed E-state index contributed by atoms with van der Waals surface area (Å²) in [4.78, 5) is 4.47. The number of hydrogen-bond donors (Lipinski definition) is 0. The number of nitrogens with zero attached hydrogens (tertiary/aromatic N) is 2. The van der Waals surface area contributed by atoms with Crippen LogP contribution >= 0.6 is 11.8 Å². The first-order chi connectivity index (χ1) is 13.4. The zero-order valence-corrected chi connectivity index (χ0v) is 15.8. The van der Waals surface area contributed by atoms with Crippen molar-refractivity contribution in [2.24, 2.45) is 0 Å². The van der Waals surface area contributed by atoms with Crippen LogP contribution < -0.4 is 9.47 Å². The van der Waals surface area contributed by atoms with Crippen LogP contribution in [0.5, 0.6) is 11.5 Å². The van der Waals surface area contributed by atoms with Gasteiger partial charge < -0.3 is 9.47 Å². The van der Waals surface area contributed by atoms with Crippen LogP contribution in [-0.4, -0.2) is 28.8 Å². The summed E-state index contributed by atoms with van der Waals surface area (Å²) in [6.45, 7) is 3.71. The normalized spacial score (nSPS) is 11.3. The van der Waals surface area contributed by atoms with Crippen molar-refractivity contribution in [1.29, 1.82) is 0 Å². The molecule has 0 aliphatic rings. The van der Waals surface area contributed by atoms with Crippen LogP contribution in [-0.2, 0) is 0 Å². The maximum Gasteiger partial charge on any atom is 0.573 e. The van der Waals surface area contributed by atoms with E-state index in [9.17, 15) is 13.2 Å². The minimum absolute atomic E-state index is 0.275. The van der Waals surface area contributed by atoms with E-state index in [1.807, 2.05) is 28.8 Å². The highest BCUT2D eigenvalue weighted by atomic mass is 32.2. The van der Waals surface area contributed by atoms with Crippen molar-refractivity contribution in [2.75, 3.05) is 12.9 Å². The van der Waals surface area contributed by atoms with Crippen LogP contribution in [0, 0.1) is 0 Å². The molecule has 0 atom stereocenters. The fourth-order valence-electron chi connectivity index (χ4n) is 2.58. The van der Waals surface area contributed by atoms with E-state index in [4.69, 9.17) is 4.74 Å². The number of benzene rings is 2. The van der Waals surface area contributed by atoms with Crippen LogP contribution in [0.4, 0.5) is 13.2 Å². The van der Waals surface area contributed by atoms with E-state index in [-0.39, 0.29) is 5.75 Å². The average molecular weight is 406 g/mol. The summed E-state index contributed by atoms with van der Waals surface area (Å²) >= 11 is 1.48. The van der Waals surface area contributed by atoms with Gasteiger partial charge >= 0.3 is 6.36 Å². The molecule has 0 saturated carbocycles. The first kappa shape index (κ1) is 19.9. The van der Waals surface area contributed by atoms with E-state index in [1.54, 1.807) is 31.5 Å². The molecule has 0 aliphatic carbocycles. The molecule has 1 heterocycles. The van der Waals surface area contributed by atoms with Gasteiger partial charge in [0.2, 0.25) is 0 Å². The Balaban J connectivity index is 2.01. The van der Waals surface area contributed by atoms with Crippen LogP contribution in [0.2, 0.25) is 0 Å². The molecule has 0 bridgehead atoms. The lowest BCUT2D eigenvalue weighted by Crippen LogP contribution is -2.17. The highest BCUT2D eigenvalue weighted by Crippen LogP contribution is 2.32. The molecule has 0 saturated heterocycles. The van der Waals surface area contributed by atoms with Crippen LogP contribution in [0.1, 0.15) is 0 Å². The molecule has 0 spiro atoms. The van der Waals surface area contributed by atoms with Gasteiger partial charge in [-0.3, -0.25) is 4.57 Å². The third-order valence-corrected chi connectivity index (χ3v) is 4.72. The third kappa shape index (κ3) is 4.69. The van der Waals surface area contributed by atoms with Gasteiger partial charge in [0.15, 0.2) is 5.16 Å². The maximum atomic E-state index is 12.4. The minimum atomic E-state index is -4.73. The van der Waals surface area contributed by atoms with Gasteiger partial charge in [0.25, 0.3) is 0 Å². The summed E-state index contributed by atoms with van der Waals surface area (Å²) in [5.41, 5.74) is 2.37. The summed E-state index contributed by atoms with van der Waals surface area (Å²) in [6.07, 6.45) is -1.24. The summed E-state index contributed by atoms with van der Waals surface area (Å²) in [5, 5.41) is 0.704. The fraction of sp³-hybridized carbons (Fsp3) is 0.150. The Hall–Kier alpha value is -2.87. The van der Waals surface area contributed by atoms with Crippen molar-refractivity contribution < 1.29 is 22.6 Å². The predicted octanol–water partition coefficient (Wildman–Crippen LogP) is 5.72. The van der Waals surface area contributed by atoms with Crippen LogP contribution in [0.15, 0.2) is 72.5 Å². The maximum absolute atomic E-state index is 12.4. The van der Waals surface area contributed by atoms with E-state index in [0.29, 0.717) is 16.6 Å². The number of aromatic nitrogens is 2. The number of hydrogen-bond acceptors (Lipinski definition) is 4. The number of rotatable bonds is 7. The molecular weight excluding hydrogens is 389 g/mol. The Bertz CT molecular complexity index is 936. The molecule has 3 rings (SSSR count). The van der Waals surface area contributed by atoms with E-state index in [0.717, 1.165) is 17.0 Å². The molecule has 0 aliphatic heterocycles. The topological polar surface area (TPSA) is 36.3 Å². The lowest BCUT2D eigenvalue weighted by molar-refractivity contribution is -0.274. The smallest absolute Gasteiger partial charge is 0.497 e. The van der Waals surface area contributed by atoms with Gasteiger partial charge in [-0.25, -0.2) is 4.98 Å². The molecule has 28 heavy (non-hydrogen) atoms. The van der Waals surface area contributed by atoms with Gasteiger partial charge in [0.05, 0.1) is 19.0 Å². The van der Waals surface area contributed by atoms with Crippen molar-refractivity contribution in [2.45, 2.75) is 11.5 Å². The lowest BCUT2D eigenvalue weighted by atomic mass is 10.1. The van der Waals surface area contributed by atoms with E-state index < -0.39 is 6.36 Å².